The minimum atomic E-state index is -0.353. The first kappa shape index (κ1) is 27.4. The number of amides is 2. The first-order valence-electron chi connectivity index (χ1n) is 13.4. The van der Waals surface area contributed by atoms with Crippen molar-refractivity contribution < 1.29 is 14.3 Å². The minimum Gasteiger partial charge on any atom is -0.497 e. The summed E-state index contributed by atoms with van der Waals surface area (Å²) in [4.78, 5) is 43.1. The molecule has 1 aliphatic heterocycles. The quantitative estimate of drug-likeness (QED) is 0.287. The maximum Gasteiger partial charge on any atom is 0.333 e. The van der Waals surface area contributed by atoms with E-state index in [1.165, 1.54) is 4.57 Å². The molecule has 1 fully saturated rings. The van der Waals surface area contributed by atoms with Crippen LogP contribution in [0.5, 0.6) is 5.75 Å². The summed E-state index contributed by atoms with van der Waals surface area (Å²) in [7, 11) is 1.57. The van der Waals surface area contributed by atoms with Gasteiger partial charge in [0.1, 0.15) is 11.4 Å². The van der Waals surface area contributed by atoms with Crippen molar-refractivity contribution in [3.8, 4) is 11.4 Å². The SMILES string of the molecule is COc1ccc(-n2c(C(=O)N[C@@H](c3ccccc3)C3CC3)c3n(c2=O)CCN(C(=O)c2ccc(Br)c(Cl)c2)C3)cc1. The van der Waals surface area contributed by atoms with Gasteiger partial charge in [-0.3, -0.25) is 18.7 Å². The number of fused-ring (bicyclic) bond motifs is 1. The summed E-state index contributed by atoms with van der Waals surface area (Å²) in [5, 5.41) is 3.67. The van der Waals surface area contributed by atoms with Crippen LogP contribution in [0.15, 0.2) is 82.1 Å². The van der Waals surface area contributed by atoms with E-state index < -0.39 is 0 Å². The van der Waals surface area contributed by atoms with Gasteiger partial charge in [-0.2, -0.15) is 0 Å². The first-order valence-corrected chi connectivity index (χ1v) is 14.6. The number of aromatic nitrogens is 2. The molecule has 1 aliphatic carbocycles. The molecular formula is C31H28BrClN4O4. The number of halogens is 2. The van der Waals surface area contributed by atoms with Crippen LogP contribution in [-0.2, 0) is 13.1 Å². The van der Waals surface area contributed by atoms with Crippen LogP contribution in [0, 0.1) is 5.92 Å². The number of rotatable bonds is 7. The molecule has 2 heterocycles. The summed E-state index contributed by atoms with van der Waals surface area (Å²) in [5.41, 5.74) is 2.41. The lowest BCUT2D eigenvalue weighted by atomic mass is 10.0. The number of nitrogens with one attached hydrogen (secondary N) is 1. The van der Waals surface area contributed by atoms with E-state index in [2.05, 4.69) is 21.2 Å². The fourth-order valence-corrected chi connectivity index (χ4v) is 5.85. The van der Waals surface area contributed by atoms with Crippen molar-refractivity contribution >= 4 is 39.3 Å². The predicted molar refractivity (Wildman–Crippen MR) is 160 cm³/mol. The Bertz CT molecular complexity index is 1680. The van der Waals surface area contributed by atoms with E-state index in [1.54, 1.807) is 59.0 Å². The number of hydrogen-bond donors (Lipinski definition) is 1. The van der Waals surface area contributed by atoms with E-state index in [9.17, 15) is 14.4 Å². The third-order valence-electron chi connectivity index (χ3n) is 7.72. The number of nitrogens with zero attached hydrogens (tertiary/aromatic N) is 3. The molecule has 210 valence electrons. The molecule has 8 nitrogen and oxygen atoms in total. The highest BCUT2D eigenvalue weighted by atomic mass is 79.9. The predicted octanol–water partition coefficient (Wildman–Crippen LogP) is 5.60. The molecule has 0 bridgehead atoms. The second kappa shape index (κ2) is 11.2. The van der Waals surface area contributed by atoms with Gasteiger partial charge in [0.25, 0.3) is 11.8 Å². The van der Waals surface area contributed by atoms with Crippen molar-refractivity contribution in [2.75, 3.05) is 13.7 Å². The molecule has 1 saturated carbocycles. The second-order valence-electron chi connectivity index (χ2n) is 10.3. The Labute approximate surface area is 250 Å². The second-order valence-corrected chi connectivity index (χ2v) is 11.6. The van der Waals surface area contributed by atoms with Gasteiger partial charge in [0.2, 0.25) is 0 Å². The normalized spacial score (nSPS) is 15.2. The molecule has 0 radical (unpaired) electrons. The van der Waals surface area contributed by atoms with Crippen LogP contribution in [0.1, 0.15) is 51.0 Å². The lowest BCUT2D eigenvalue weighted by molar-refractivity contribution is 0.0706. The molecule has 41 heavy (non-hydrogen) atoms. The van der Waals surface area contributed by atoms with Gasteiger partial charge in [-0.25, -0.2) is 4.79 Å². The number of benzene rings is 3. The zero-order valence-electron chi connectivity index (χ0n) is 22.3. The molecule has 1 atom stereocenters. The number of methoxy groups -OCH3 is 1. The van der Waals surface area contributed by atoms with Crippen LogP contribution in [0.2, 0.25) is 5.02 Å². The van der Waals surface area contributed by atoms with Gasteiger partial charge in [0.05, 0.1) is 36.1 Å². The van der Waals surface area contributed by atoms with Crippen molar-refractivity contribution in [1.29, 1.82) is 0 Å². The molecule has 1 N–H and O–H groups in total. The largest absolute Gasteiger partial charge is 0.497 e. The molecule has 0 unspecified atom stereocenters. The van der Waals surface area contributed by atoms with Gasteiger partial charge in [0, 0.05) is 23.1 Å². The molecule has 4 aromatic rings. The highest BCUT2D eigenvalue weighted by Crippen LogP contribution is 2.41. The summed E-state index contributed by atoms with van der Waals surface area (Å²) in [6.45, 7) is 0.688. The minimum absolute atomic E-state index is 0.104. The Morgan fingerprint density at radius 2 is 1.76 bits per heavy atom. The number of imidazole rings is 1. The van der Waals surface area contributed by atoms with Gasteiger partial charge < -0.3 is 15.0 Å². The monoisotopic (exact) mass is 634 g/mol. The fourth-order valence-electron chi connectivity index (χ4n) is 5.42. The van der Waals surface area contributed by atoms with E-state index in [4.69, 9.17) is 16.3 Å². The van der Waals surface area contributed by atoms with Crippen molar-refractivity contribution in [1.82, 2.24) is 19.4 Å². The maximum atomic E-state index is 14.2. The standard InChI is InChI=1S/C31H28BrClN4O4/c1-41-23-12-10-22(11-13-23)37-28(29(38)34-27(20-7-8-20)19-5-3-2-4-6-19)26-18-35(15-16-36(26)31(37)40)30(39)21-9-14-24(32)25(33)17-21/h2-6,9-14,17,20,27H,7-8,15-16,18H2,1H3,(H,34,38)/t27-/m0/s1. The Morgan fingerprint density at radius 3 is 2.41 bits per heavy atom. The Balaban J connectivity index is 1.41. The van der Waals surface area contributed by atoms with Crippen LogP contribution in [0.3, 0.4) is 0 Å². The molecule has 2 aliphatic rings. The Kier molecular flexibility index (Phi) is 7.48. The van der Waals surface area contributed by atoms with Crippen LogP contribution < -0.4 is 15.7 Å². The lowest BCUT2D eigenvalue weighted by Gasteiger charge is -2.29. The molecule has 0 saturated heterocycles. The zero-order valence-corrected chi connectivity index (χ0v) is 24.7. The topological polar surface area (TPSA) is 85.6 Å². The Morgan fingerprint density at radius 1 is 1.02 bits per heavy atom. The summed E-state index contributed by atoms with van der Waals surface area (Å²) in [6.07, 6.45) is 2.05. The van der Waals surface area contributed by atoms with Gasteiger partial charge >= 0.3 is 5.69 Å². The van der Waals surface area contributed by atoms with Crippen molar-refractivity contribution in [2.45, 2.75) is 32.0 Å². The van der Waals surface area contributed by atoms with Gasteiger partial charge in [-0.05, 0) is 82.7 Å². The van der Waals surface area contributed by atoms with E-state index in [1.807, 2.05) is 30.3 Å². The molecule has 6 rings (SSSR count). The third-order valence-corrected chi connectivity index (χ3v) is 8.95. The summed E-state index contributed by atoms with van der Waals surface area (Å²) in [6, 6.07) is 21.8. The number of hydrogen-bond acceptors (Lipinski definition) is 4. The number of carbonyl (C=O) groups excluding carboxylic acids is 2. The number of carbonyl (C=O) groups is 2. The first-order chi connectivity index (χ1) is 19.9. The van der Waals surface area contributed by atoms with Crippen LogP contribution >= 0.6 is 27.5 Å². The highest BCUT2D eigenvalue weighted by Gasteiger charge is 2.37. The molecule has 10 heteroatoms. The van der Waals surface area contributed by atoms with Crippen LogP contribution in [0.25, 0.3) is 5.69 Å². The number of ether oxygens (including phenoxy) is 1. The van der Waals surface area contributed by atoms with Crippen molar-refractivity contribution in [3.63, 3.8) is 0 Å². The van der Waals surface area contributed by atoms with E-state index in [0.717, 1.165) is 18.4 Å². The van der Waals surface area contributed by atoms with Crippen LogP contribution in [0.4, 0.5) is 0 Å². The molecule has 3 aromatic carbocycles. The average molecular weight is 636 g/mol. The zero-order chi connectivity index (χ0) is 28.7. The lowest BCUT2D eigenvalue weighted by Crippen LogP contribution is -2.41. The molecule has 1 aromatic heterocycles. The third kappa shape index (κ3) is 5.31. The van der Waals surface area contributed by atoms with Gasteiger partial charge in [-0.1, -0.05) is 41.9 Å². The van der Waals surface area contributed by atoms with E-state index in [-0.39, 0.29) is 42.3 Å². The summed E-state index contributed by atoms with van der Waals surface area (Å²) < 4.78 is 9.05. The maximum absolute atomic E-state index is 14.2. The smallest absolute Gasteiger partial charge is 0.333 e. The van der Waals surface area contributed by atoms with Crippen molar-refractivity contribution in [3.05, 3.63) is 115 Å². The van der Waals surface area contributed by atoms with Gasteiger partial charge in [-0.15, -0.1) is 0 Å². The molecular weight excluding hydrogens is 608 g/mol. The van der Waals surface area contributed by atoms with Crippen molar-refractivity contribution in [2.24, 2.45) is 5.92 Å². The molecule has 2 amide bonds. The summed E-state index contributed by atoms with van der Waals surface area (Å²) >= 11 is 9.62. The van der Waals surface area contributed by atoms with Gasteiger partial charge in [0.15, 0.2) is 0 Å². The van der Waals surface area contributed by atoms with E-state index in [0.29, 0.717) is 44.7 Å². The fraction of sp³-hybridized carbons (Fsp3) is 0.258. The summed E-state index contributed by atoms with van der Waals surface area (Å²) in [5.74, 6) is 0.399. The average Bonchev–Trinajstić information content (AvgIpc) is 3.80. The van der Waals surface area contributed by atoms with E-state index >= 15 is 0 Å². The van der Waals surface area contributed by atoms with Crippen LogP contribution in [-0.4, -0.2) is 39.5 Å². The Hall–Kier alpha value is -3.82. The highest BCUT2D eigenvalue weighted by molar-refractivity contribution is 9.10. The molecule has 0 spiro atoms.